The molecular weight excluding hydrogens is 811 g/mol. The number of sulfonamides is 1. The highest BCUT2D eigenvalue weighted by Gasteiger charge is 2.37. The first kappa shape index (κ1) is 41.2. The number of imidazole rings is 1. The van der Waals surface area contributed by atoms with Gasteiger partial charge in [0.05, 0.1) is 38.9 Å². The number of amides is 2. The molecule has 19 heteroatoms. The minimum absolute atomic E-state index is 0.106. The molecule has 2 amide bonds. The van der Waals surface area contributed by atoms with Gasteiger partial charge in [-0.25, -0.2) is 23.2 Å². The number of alkyl halides is 3. The molecule has 14 nitrogen and oxygen atoms in total. The number of hydrogen-bond donors (Lipinski definition) is 2. The van der Waals surface area contributed by atoms with Crippen LogP contribution in [-0.2, 0) is 32.8 Å². The van der Waals surface area contributed by atoms with E-state index in [1.54, 1.807) is 11.6 Å². The van der Waals surface area contributed by atoms with E-state index in [2.05, 4.69) is 31.6 Å². The number of aromatic nitrogens is 4. The molecule has 1 unspecified atom stereocenters. The normalized spacial score (nSPS) is 21.3. The third-order valence-corrected chi connectivity index (χ3v) is 14.5. The van der Waals surface area contributed by atoms with Crippen LogP contribution >= 0.6 is 11.6 Å². The van der Waals surface area contributed by atoms with Crippen LogP contribution in [0.25, 0.3) is 11.0 Å². The average molecular weight is 858 g/mol. The van der Waals surface area contributed by atoms with Gasteiger partial charge in [-0.2, -0.15) is 17.5 Å². The van der Waals surface area contributed by atoms with Crippen LogP contribution in [0.4, 0.5) is 24.8 Å². The fourth-order valence-corrected chi connectivity index (χ4v) is 10.9. The molecule has 4 aromatic rings. The number of carbonyl (C=O) groups is 2. The maximum Gasteiger partial charge on any atom is 0.416 e. The summed E-state index contributed by atoms with van der Waals surface area (Å²) in [7, 11) is -2.49. The quantitative estimate of drug-likeness (QED) is 0.217. The lowest BCUT2D eigenvalue weighted by atomic mass is 9.87. The summed E-state index contributed by atoms with van der Waals surface area (Å²) in [5.41, 5.74) is 1.53. The number of piperidine rings is 4. The first-order valence-corrected chi connectivity index (χ1v) is 21.9. The number of nitrogens with one attached hydrogen (secondary N) is 2. The minimum Gasteiger partial charge on any atom is -0.371 e. The molecule has 316 valence electrons. The number of para-hydroxylation sites is 1. The molecule has 2 N–H and O–H groups in total. The zero-order valence-electron chi connectivity index (χ0n) is 32.6. The highest BCUT2D eigenvalue weighted by Crippen LogP contribution is 2.38. The van der Waals surface area contributed by atoms with Gasteiger partial charge in [0.1, 0.15) is 6.04 Å². The number of nitrogens with zero attached hydrogens (tertiary/aromatic N) is 7. The predicted molar refractivity (Wildman–Crippen MR) is 216 cm³/mol. The Bertz CT molecular complexity index is 2380. The molecule has 0 aliphatic carbocycles. The third-order valence-electron chi connectivity index (χ3n) is 12.4. The van der Waals surface area contributed by atoms with Crippen molar-refractivity contribution in [1.82, 2.24) is 33.6 Å². The molecule has 4 saturated heterocycles. The number of fused-ring (bicyclic) bond motifs is 1. The Hall–Kier alpha value is -4.52. The first-order valence-electron chi connectivity index (χ1n) is 20.1. The molecule has 0 bridgehead atoms. The van der Waals surface area contributed by atoms with Crippen molar-refractivity contribution in [3.05, 3.63) is 75.4 Å². The highest BCUT2D eigenvalue weighted by atomic mass is 35.5. The summed E-state index contributed by atoms with van der Waals surface area (Å²) in [5.74, 6) is 0.110. The molecule has 8 rings (SSSR count). The maximum absolute atomic E-state index is 14.2. The van der Waals surface area contributed by atoms with Crippen molar-refractivity contribution in [2.24, 2.45) is 13.0 Å². The number of aryl methyl sites for hydroxylation is 1. The molecule has 59 heavy (non-hydrogen) atoms. The summed E-state index contributed by atoms with van der Waals surface area (Å²) in [6.45, 7) is 3.83. The molecule has 0 radical (unpaired) electrons. The lowest BCUT2D eigenvalue weighted by Gasteiger charge is -2.39. The molecule has 2 aromatic heterocycles. The fourth-order valence-electron chi connectivity index (χ4n) is 9.23. The van der Waals surface area contributed by atoms with Gasteiger partial charge in [0.25, 0.3) is 0 Å². The van der Waals surface area contributed by atoms with Crippen LogP contribution < -0.4 is 21.2 Å². The van der Waals surface area contributed by atoms with Gasteiger partial charge in [-0.1, -0.05) is 23.7 Å². The Morgan fingerprint density at radius 2 is 1.59 bits per heavy atom. The number of hydrogen-bond acceptors (Lipinski definition) is 10. The molecule has 0 saturated carbocycles. The SMILES string of the molecule is Cn1c(=O)n(C2CCC(=O)NC2=O)c2cccc(C3CCN(CC4CCN(c5cc(C(F)(F)F)cc(S(=O)(=O)N6CCC(Nc7ncc(Cl)cn7)CC6)c5)CC4)CC3)c21. The second kappa shape index (κ2) is 16.5. The Morgan fingerprint density at radius 1 is 0.898 bits per heavy atom. The third kappa shape index (κ3) is 8.59. The van der Waals surface area contributed by atoms with Gasteiger partial charge in [0, 0.05) is 57.9 Å². The summed E-state index contributed by atoms with van der Waals surface area (Å²) in [5, 5.41) is 5.92. The maximum atomic E-state index is 14.2. The van der Waals surface area contributed by atoms with Crippen LogP contribution in [0.2, 0.25) is 5.02 Å². The number of imide groups is 1. The van der Waals surface area contributed by atoms with Gasteiger partial charge in [0.15, 0.2) is 0 Å². The number of rotatable bonds is 9. The van der Waals surface area contributed by atoms with Crippen LogP contribution in [0.15, 0.2) is 58.5 Å². The largest absolute Gasteiger partial charge is 0.416 e. The number of likely N-dealkylation sites (tertiary alicyclic amines) is 1. The van der Waals surface area contributed by atoms with Gasteiger partial charge in [-0.05, 0) is 99.7 Å². The Kier molecular flexibility index (Phi) is 11.5. The van der Waals surface area contributed by atoms with Gasteiger partial charge < -0.3 is 15.1 Å². The smallest absolute Gasteiger partial charge is 0.371 e. The van der Waals surface area contributed by atoms with E-state index >= 15 is 0 Å². The van der Waals surface area contributed by atoms with E-state index in [0.29, 0.717) is 48.3 Å². The first-order chi connectivity index (χ1) is 28.2. The number of benzene rings is 2. The molecule has 4 fully saturated rings. The topological polar surface area (TPSA) is 155 Å². The fraction of sp³-hybridized carbons (Fsp3) is 0.525. The summed E-state index contributed by atoms with van der Waals surface area (Å²) in [4.78, 5) is 50.1. The van der Waals surface area contributed by atoms with E-state index in [1.165, 1.54) is 27.3 Å². The van der Waals surface area contributed by atoms with Crippen molar-refractivity contribution in [2.75, 3.05) is 56.0 Å². The van der Waals surface area contributed by atoms with Crippen LogP contribution in [0.5, 0.6) is 0 Å². The second-order valence-electron chi connectivity index (χ2n) is 16.2. The molecule has 6 heterocycles. The molecule has 2 aromatic carbocycles. The Balaban J connectivity index is 0.882. The van der Waals surface area contributed by atoms with Crippen molar-refractivity contribution < 1.29 is 31.2 Å². The van der Waals surface area contributed by atoms with Gasteiger partial charge >= 0.3 is 11.9 Å². The molecule has 0 spiro atoms. The number of halogens is 4. The molecule has 4 aliphatic rings. The monoisotopic (exact) mass is 857 g/mol. The molecule has 1 atom stereocenters. The van der Waals surface area contributed by atoms with Crippen LogP contribution in [0.1, 0.15) is 74.5 Å². The van der Waals surface area contributed by atoms with Crippen LogP contribution in [0.3, 0.4) is 0 Å². The van der Waals surface area contributed by atoms with Crippen LogP contribution in [0, 0.1) is 5.92 Å². The Labute approximate surface area is 344 Å². The van der Waals surface area contributed by atoms with E-state index in [-0.39, 0.29) is 60.1 Å². The van der Waals surface area contributed by atoms with Crippen molar-refractivity contribution >= 4 is 56.1 Å². The second-order valence-corrected chi connectivity index (χ2v) is 18.5. The lowest BCUT2D eigenvalue weighted by molar-refractivity contribution is -0.138. The highest BCUT2D eigenvalue weighted by molar-refractivity contribution is 7.89. The van der Waals surface area contributed by atoms with E-state index in [1.807, 2.05) is 17.0 Å². The summed E-state index contributed by atoms with van der Waals surface area (Å²) >= 11 is 5.86. The van der Waals surface area contributed by atoms with E-state index < -0.39 is 33.7 Å². The van der Waals surface area contributed by atoms with Gasteiger partial charge in [0.2, 0.25) is 27.8 Å². The van der Waals surface area contributed by atoms with Crippen molar-refractivity contribution in [2.45, 2.75) is 80.4 Å². The van der Waals surface area contributed by atoms with E-state index in [0.717, 1.165) is 68.5 Å². The molecular formula is C40H47ClF3N9O5S. The van der Waals surface area contributed by atoms with Crippen molar-refractivity contribution in [3.8, 4) is 0 Å². The molecule has 4 aliphatic heterocycles. The predicted octanol–water partition coefficient (Wildman–Crippen LogP) is 5.14. The standard InChI is InChI=1S/C40H47ClF3N9O5S/c1-49-36-32(3-2-4-33(36)53(39(49)56)34-5-6-35(54)48-37(34)55)26-9-13-50(14-10-26)24-25-7-15-51(16-8-25)30-19-27(40(42,43)44)20-31(21-30)59(57,58)52-17-11-29(12-18-52)47-38-45-22-28(41)23-46-38/h2-4,19-23,25-26,29,34H,5-18,24H2,1H3,(H,45,46,47)(H,48,54,55). The average Bonchev–Trinajstić information content (AvgIpc) is 3.47. The van der Waals surface area contributed by atoms with Gasteiger partial charge in [-0.15, -0.1) is 0 Å². The van der Waals surface area contributed by atoms with Gasteiger partial charge in [-0.3, -0.25) is 24.0 Å². The van der Waals surface area contributed by atoms with Crippen molar-refractivity contribution in [3.63, 3.8) is 0 Å². The number of anilines is 2. The summed E-state index contributed by atoms with van der Waals surface area (Å²) in [6, 6.07) is 8.16. The summed E-state index contributed by atoms with van der Waals surface area (Å²) < 4.78 is 74.6. The number of carbonyl (C=O) groups excluding carboxylic acids is 2. The van der Waals surface area contributed by atoms with E-state index in [4.69, 9.17) is 11.6 Å². The zero-order chi connectivity index (χ0) is 41.6. The van der Waals surface area contributed by atoms with Crippen molar-refractivity contribution in [1.29, 1.82) is 0 Å². The Morgan fingerprint density at radius 3 is 2.25 bits per heavy atom. The van der Waals surface area contributed by atoms with E-state index in [9.17, 15) is 36.0 Å². The lowest BCUT2D eigenvalue weighted by Crippen LogP contribution is -2.44. The zero-order valence-corrected chi connectivity index (χ0v) is 34.2. The van der Waals surface area contributed by atoms with Crippen LogP contribution in [-0.4, -0.2) is 100 Å². The minimum atomic E-state index is -4.72. The summed E-state index contributed by atoms with van der Waals surface area (Å²) in [6.07, 6.45) is 2.77.